The van der Waals surface area contributed by atoms with E-state index in [4.69, 9.17) is 0 Å². The van der Waals surface area contributed by atoms with Gasteiger partial charge in [-0.3, -0.25) is 19.7 Å². The van der Waals surface area contributed by atoms with Gasteiger partial charge in [-0.25, -0.2) is 0 Å². The summed E-state index contributed by atoms with van der Waals surface area (Å²) >= 11 is 0. The molecule has 4 rings (SSSR count). The number of carbonyl (C=O) groups excluding carboxylic acids is 2. The molecule has 1 unspecified atom stereocenters. The third-order valence-corrected chi connectivity index (χ3v) is 4.89. The van der Waals surface area contributed by atoms with Crippen molar-refractivity contribution in [3.8, 4) is 0 Å². The van der Waals surface area contributed by atoms with Crippen LogP contribution in [0.2, 0.25) is 0 Å². The second-order valence-corrected chi connectivity index (χ2v) is 6.55. The van der Waals surface area contributed by atoms with Crippen LogP contribution in [0.4, 0.5) is 11.4 Å². The van der Waals surface area contributed by atoms with Gasteiger partial charge in [0, 0.05) is 35.4 Å². The minimum absolute atomic E-state index is 0.0659. The Morgan fingerprint density at radius 3 is 2.25 bits per heavy atom. The lowest BCUT2D eigenvalue weighted by Crippen LogP contribution is -2.29. The Kier molecular flexibility index (Phi) is 4.45. The quantitative estimate of drug-likeness (QED) is 0.373. The number of Topliss-reactive ketones (excluding diaryl/α,β-unsaturated/α-hetero) is 1. The molecule has 1 aliphatic rings. The number of hydrogen-bond donors (Lipinski definition) is 0. The smallest absolute Gasteiger partial charge is 0.269 e. The standard InChI is InChI=1S/C22H16N2O4/c25-21(15-10-12-17(13-11-15)24(27)28)14-20-18-8-4-5-9-19(18)22(26)23(20)16-6-2-1-3-7-16/h1-13,20H,14H2. The maximum Gasteiger partial charge on any atom is 0.269 e. The van der Waals surface area contributed by atoms with E-state index >= 15 is 0 Å². The van der Waals surface area contributed by atoms with Gasteiger partial charge in [-0.2, -0.15) is 0 Å². The summed E-state index contributed by atoms with van der Waals surface area (Å²) in [6.07, 6.45) is 0.0927. The first-order chi connectivity index (χ1) is 13.6. The van der Waals surface area contributed by atoms with Crippen LogP contribution in [-0.4, -0.2) is 16.6 Å². The molecular weight excluding hydrogens is 356 g/mol. The molecule has 6 heteroatoms. The molecule has 1 aliphatic heterocycles. The van der Waals surface area contributed by atoms with Gasteiger partial charge in [-0.1, -0.05) is 36.4 Å². The minimum Gasteiger partial charge on any atom is -0.300 e. The van der Waals surface area contributed by atoms with Crippen molar-refractivity contribution in [1.29, 1.82) is 0 Å². The van der Waals surface area contributed by atoms with Crippen LogP contribution < -0.4 is 4.90 Å². The normalized spacial score (nSPS) is 15.4. The lowest BCUT2D eigenvalue weighted by molar-refractivity contribution is -0.384. The van der Waals surface area contributed by atoms with Crippen LogP contribution in [0, 0.1) is 10.1 Å². The van der Waals surface area contributed by atoms with Gasteiger partial charge in [0.1, 0.15) is 0 Å². The van der Waals surface area contributed by atoms with Crippen LogP contribution in [-0.2, 0) is 0 Å². The summed E-state index contributed by atoms with van der Waals surface area (Å²) in [5.41, 5.74) is 2.45. The molecule has 1 atom stereocenters. The second kappa shape index (κ2) is 7.08. The Bertz CT molecular complexity index is 1060. The molecule has 0 saturated heterocycles. The maximum absolute atomic E-state index is 13.0. The molecule has 0 fully saturated rings. The van der Waals surface area contributed by atoms with E-state index in [0.717, 1.165) is 11.3 Å². The Morgan fingerprint density at radius 2 is 1.57 bits per heavy atom. The number of hydrogen-bond acceptors (Lipinski definition) is 4. The average Bonchev–Trinajstić information content (AvgIpc) is 3.00. The van der Waals surface area contributed by atoms with Gasteiger partial charge in [-0.15, -0.1) is 0 Å². The van der Waals surface area contributed by atoms with E-state index in [9.17, 15) is 19.7 Å². The highest BCUT2D eigenvalue weighted by molar-refractivity contribution is 6.12. The fraction of sp³-hybridized carbons (Fsp3) is 0.0909. The first-order valence-corrected chi connectivity index (χ1v) is 8.81. The molecule has 6 nitrogen and oxygen atoms in total. The van der Waals surface area contributed by atoms with Crippen molar-refractivity contribution in [2.75, 3.05) is 4.90 Å². The number of amides is 1. The maximum atomic E-state index is 13.0. The zero-order chi connectivity index (χ0) is 19.7. The van der Waals surface area contributed by atoms with Crippen molar-refractivity contribution in [2.24, 2.45) is 0 Å². The van der Waals surface area contributed by atoms with Gasteiger partial charge in [0.2, 0.25) is 0 Å². The summed E-state index contributed by atoms with van der Waals surface area (Å²) < 4.78 is 0. The van der Waals surface area contributed by atoms with E-state index in [1.807, 2.05) is 42.5 Å². The van der Waals surface area contributed by atoms with Crippen LogP contribution in [0.25, 0.3) is 0 Å². The van der Waals surface area contributed by atoms with E-state index in [0.29, 0.717) is 11.1 Å². The summed E-state index contributed by atoms with van der Waals surface area (Å²) in [6, 6.07) is 21.7. The number of carbonyl (C=O) groups is 2. The van der Waals surface area contributed by atoms with E-state index in [1.165, 1.54) is 24.3 Å². The number of non-ortho nitro benzene ring substituents is 1. The van der Waals surface area contributed by atoms with Crippen LogP contribution in [0.3, 0.4) is 0 Å². The number of anilines is 1. The molecule has 0 bridgehead atoms. The van der Waals surface area contributed by atoms with Crippen molar-refractivity contribution >= 4 is 23.1 Å². The Hall–Kier alpha value is -3.80. The Morgan fingerprint density at radius 1 is 0.929 bits per heavy atom. The second-order valence-electron chi connectivity index (χ2n) is 6.55. The highest BCUT2D eigenvalue weighted by atomic mass is 16.6. The van der Waals surface area contributed by atoms with Crippen LogP contribution in [0.5, 0.6) is 0 Å². The van der Waals surface area contributed by atoms with Crippen molar-refractivity contribution in [2.45, 2.75) is 12.5 Å². The van der Waals surface area contributed by atoms with Gasteiger partial charge in [0.05, 0.1) is 11.0 Å². The molecule has 1 heterocycles. The molecule has 0 N–H and O–H groups in total. The number of nitrogens with zero attached hydrogens (tertiary/aromatic N) is 2. The largest absolute Gasteiger partial charge is 0.300 e. The average molecular weight is 372 g/mol. The SMILES string of the molecule is O=C(CC1c2ccccc2C(=O)N1c1ccccc1)c1ccc([N+](=O)[O-])cc1. The number of para-hydroxylation sites is 1. The fourth-order valence-corrected chi connectivity index (χ4v) is 3.54. The number of fused-ring (bicyclic) bond motifs is 1. The molecule has 3 aromatic rings. The highest BCUT2D eigenvalue weighted by Crippen LogP contribution is 2.39. The van der Waals surface area contributed by atoms with Gasteiger partial charge in [0.15, 0.2) is 5.78 Å². The Labute approximate surface area is 161 Å². The van der Waals surface area contributed by atoms with E-state index in [-0.39, 0.29) is 23.8 Å². The first kappa shape index (κ1) is 17.6. The number of benzene rings is 3. The molecule has 138 valence electrons. The summed E-state index contributed by atoms with van der Waals surface area (Å²) in [4.78, 5) is 37.8. The lowest BCUT2D eigenvalue weighted by Gasteiger charge is -2.25. The van der Waals surface area contributed by atoms with Gasteiger partial charge < -0.3 is 4.90 Å². The number of ketones is 1. The summed E-state index contributed by atoms with van der Waals surface area (Å²) in [7, 11) is 0. The minimum atomic E-state index is -0.503. The fourth-order valence-electron chi connectivity index (χ4n) is 3.54. The number of nitro groups is 1. The lowest BCUT2D eigenvalue weighted by atomic mass is 9.97. The predicted molar refractivity (Wildman–Crippen MR) is 104 cm³/mol. The monoisotopic (exact) mass is 372 g/mol. The number of rotatable bonds is 5. The van der Waals surface area contributed by atoms with Crippen molar-refractivity contribution < 1.29 is 14.5 Å². The predicted octanol–water partition coefficient (Wildman–Crippen LogP) is 4.57. The summed E-state index contributed by atoms with van der Waals surface area (Å²) in [6.45, 7) is 0. The molecule has 0 radical (unpaired) electrons. The van der Waals surface area contributed by atoms with Crippen molar-refractivity contribution in [3.05, 3.63) is 106 Å². The van der Waals surface area contributed by atoms with Crippen LogP contribution in [0.15, 0.2) is 78.9 Å². The van der Waals surface area contributed by atoms with Crippen LogP contribution in [0.1, 0.15) is 38.7 Å². The molecule has 0 aromatic heterocycles. The molecule has 3 aromatic carbocycles. The van der Waals surface area contributed by atoms with Crippen LogP contribution >= 0.6 is 0 Å². The zero-order valence-electron chi connectivity index (χ0n) is 14.8. The van der Waals surface area contributed by atoms with Gasteiger partial charge in [-0.05, 0) is 35.9 Å². The third kappa shape index (κ3) is 3.05. The van der Waals surface area contributed by atoms with Crippen molar-refractivity contribution in [1.82, 2.24) is 0 Å². The summed E-state index contributed by atoms with van der Waals surface area (Å²) in [5, 5.41) is 10.8. The summed E-state index contributed by atoms with van der Waals surface area (Å²) in [5.74, 6) is -0.311. The molecular formula is C22H16N2O4. The van der Waals surface area contributed by atoms with E-state index < -0.39 is 11.0 Å². The third-order valence-electron chi connectivity index (χ3n) is 4.89. The zero-order valence-corrected chi connectivity index (χ0v) is 14.8. The molecule has 0 spiro atoms. The Balaban J connectivity index is 1.68. The number of nitro benzene ring substituents is 1. The van der Waals surface area contributed by atoms with Gasteiger partial charge >= 0.3 is 0 Å². The van der Waals surface area contributed by atoms with Crippen molar-refractivity contribution in [3.63, 3.8) is 0 Å². The first-order valence-electron chi connectivity index (χ1n) is 8.81. The topological polar surface area (TPSA) is 80.5 Å². The molecule has 28 heavy (non-hydrogen) atoms. The van der Waals surface area contributed by atoms with Gasteiger partial charge in [0.25, 0.3) is 11.6 Å². The molecule has 0 saturated carbocycles. The van der Waals surface area contributed by atoms with E-state index in [2.05, 4.69) is 0 Å². The molecule has 1 amide bonds. The highest BCUT2D eigenvalue weighted by Gasteiger charge is 2.38. The molecule has 0 aliphatic carbocycles. The van der Waals surface area contributed by atoms with E-state index in [1.54, 1.807) is 17.0 Å².